The molecule has 2 heterocycles. The summed E-state index contributed by atoms with van der Waals surface area (Å²) >= 11 is 0. The van der Waals surface area contributed by atoms with Gasteiger partial charge in [-0.3, -0.25) is 4.98 Å². The van der Waals surface area contributed by atoms with Crippen LogP contribution in [0.25, 0.3) is 33.3 Å². The lowest BCUT2D eigenvalue weighted by Crippen LogP contribution is -2.13. The van der Waals surface area contributed by atoms with Gasteiger partial charge in [0, 0.05) is 28.9 Å². The monoisotopic (exact) mass is 327 g/mol. The van der Waals surface area contributed by atoms with E-state index >= 15 is 0 Å². The number of benzene rings is 2. The lowest BCUT2D eigenvalue weighted by atomic mass is 9.96. The van der Waals surface area contributed by atoms with Gasteiger partial charge in [-0.1, -0.05) is 57.2 Å². The van der Waals surface area contributed by atoms with Crippen LogP contribution in [0, 0.1) is 0 Å². The van der Waals surface area contributed by atoms with Crippen LogP contribution in [0.5, 0.6) is 0 Å². The smallest absolute Gasteiger partial charge is 0.112 e. The van der Waals surface area contributed by atoms with Crippen molar-refractivity contribution in [3.8, 4) is 22.5 Å². The van der Waals surface area contributed by atoms with Crippen molar-refractivity contribution in [2.24, 2.45) is 0 Å². The topological polar surface area (TPSA) is 41.6 Å². The first kappa shape index (κ1) is 15.6. The largest absolute Gasteiger partial charge is 0.341 e. The molecule has 4 aromatic rings. The van der Waals surface area contributed by atoms with Crippen LogP contribution < -0.4 is 0 Å². The van der Waals surface area contributed by atoms with Crippen LogP contribution >= 0.6 is 0 Å². The van der Waals surface area contributed by atoms with E-state index in [1.807, 2.05) is 24.5 Å². The van der Waals surface area contributed by atoms with Crippen LogP contribution in [0.4, 0.5) is 0 Å². The molecule has 0 radical (unpaired) electrons. The van der Waals surface area contributed by atoms with E-state index in [9.17, 15) is 0 Å². The first-order valence-corrected chi connectivity index (χ1v) is 8.52. The third-order valence-corrected chi connectivity index (χ3v) is 4.41. The number of imidazole rings is 1. The van der Waals surface area contributed by atoms with Gasteiger partial charge in [0.05, 0.1) is 11.4 Å². The summed E-state index contributed by atoms with van der Waals surface area (Å²) in [5.41, 5.74) is 4.21. The summed E-state index contributed by atoms with van der Waals surface area (Å²) in [6.45, 7) is 6.52. The fourth-order valence-corrected chi connectivity index (χ4v) is 3.00. The molecule has 0 fully saturated rings. The van der Waals surface area contributed by atoms with Crippen molar-refractivity contribution in [1.82, 2.24) is 15.0 Å². The summed E-state index contributed by atoms with van der Waals surface area (Å²) in [5, 5.41) is 2.46. The summed E-state index contributed by atoms with van der Waals surface area (Å²) in [7, 11) is 0. The van der Waals surface area contributed by atoms with Crippen molar-refractivity contribution >= 4 is 10.8 Å². The second kappa shape index (κ2) is 5.85. The molecule has 1 N–H and O–H groups in total. The van der Waals surface area contributed by atoms with Gasteiger partial charge in [-0.15, -0.1) is 0 Å². The maximum atomic E-state index is 4.96. The Morgan fingerprint density at radius 2 is 1.52 bits per heavy atom. The zero-order valence-electron chi connectivity index (χ0n) is 14.7. The molecule has 4 rings (SSSR count). The van der Waals surface area contributed by atoms with Gasteiger partial charge in [0.25, 0.3) is 0 Å². The predicted molar refractivity (Wildman–Crippen MR) is 103 cm³/mol. The van der Waals surface area contributed by atoms with E-state index in [0.717, 1.165) is 28.3 Å². The number of fused-ring (bicyclic) bond motifs is 1. The summed E-state index contributed by atoms with van der Waals surface area (Å²) in [6, 6.07) is 19.0. The number of hydrogen-bond acceptors (Lipinski definition) is 2. The Morgan fingerprint density at radius 3 is 2.24 bits per heavy atom. The quantitative estimate of drug-likeness (QED) is 0.521. The van der Waals surface area contributed by atoms with Crippen LogP contribution in [0.15, 0.2) is 67.0 Å². The number of hydrogen-bond donors (Lipinski definition) is 1. The van der Waals surface area contributed by atoms with Gasteiger partial charge in [-0.2, -0.15) is 0 Å². The van der Waals surface area contributed by atoms with Crippen LogP contribution in [0.2, 0.25) is 0 Å². The summed E-state index contributed by atoms with van der Waals surface area (Å²) in [4.78, 5) is 12.6. The molecule has 3 heteroatoms. The highest BCUT2D eigenvalue weighted by molar-refractivity contribution is 5.89. The number of H-pyrrole nitrogens is 1. The number of aromatic amines is 1. The van der Waals surface area contributed by atoms with Gasteiger partial charge in [-0.25, -0.2) is 4.98 Å². The van der Waals surface area contributed by atoms with Gasteiger partial charge in [0.15, 0.2) is 0 Å². The maximum Gasteiger partial charge on any atom is 0.112 e. The highest BCUT2D eigenvalue weighted by Crippen LogP contribution is 2.34. The Morgan fingerprint density at radius 1 is 0.800 bits per heavy atom. The van der Waals surface area contributed by atoms with Gasteiger partial charge in [0.1, 0.15) is 5.82 Å². The van der Waals surface area contributed by atoms with Gasteiger partial charge >= 0.3 is 0 Å². The number of pyridine rings is 1. The van der Waals surface area contributed by atoms with Gasteiger partial charge in [-0.05, 0) is 29.0 Å². The van der Waals surface area contributed by atoms with Crippen LogP contribution in [0.3, 0.4) is 0 Å². The zero-order chi connectivity index (χ0) is 17.4. The highest BCUT2D eigenvalue weighted by Gasteiger charge is 2.22. The Kier molecular flexibility index (Phi) is 3.65. The number of aromatic nitrogens is 3. The van der Waals surface area contributed by atoms with E-state index in [4.69, 9.17) is 4.98 Å². The minimum Gasteiger partial charge on any atom is -0.341 e. The van der Waals surface area contributed by atoms with Crippen molar-refractivity contribution in [3.05, 3.63) is 72.8 Å². The Bertz CT molecular complexity index is 1020. The molecular weight excluding hydrogens is 306 g/mol. The molecule has 0 amide bonds. The molecule has 0 spiro atoms. The minimum absolute atomic E-state index is 0.0448. The molecule has 3 nitrogen and oxygen atoms in total. The standard InChI is InChI=1S/C22H21N3/c1-22(2,3)21-24-19(16-10-12-23-13-11-16)20(25-21)18-9-8-15-6-4-5-7-17(15)14-18/h4-14H,1-3H3,(H,24,25). The molecule has 25 heavy (non-hydrogen) atoms. The van der Waals surface area contributed by atoms with Crippen LogP contribution in [0.1, 0.15) is 26.6 Å². The molecule has 0 aliphatic heterocycles. The number of nitrogens with zero attached hydrogens (tertiary/aromatic N) is 2. The molecular formula is C22H21N3. The molecule has 2 aromatic heterocycles. The molecule has 0 saturated heterocycles. The molecule has 0 aliphatic carbocycles. The van der Waals surface area contributed by atoms with E-state index in [1.54, 1.807) is 0 Å². The fraction of sp³-hybridized carbons (Fsp3) is 0.182. The molecule has 2 aromatic carbocycles. The molecule has 0 saturated carbocycles. The highest BCUT2D eigenvalue weighted by atomic mass is 15.0. The number of nitrogens with one attached hydrogen (secondary N) is 1. The minimum atomic E-state index is -0.0448. The average molecular weight is 327 g/mol. The third kappa shape index (κ3) is 2.93. The average Bonchev–Trinajstić information content (AvgIpc) is 3.08. The SMILES string of the molecule is CC(C)(C)c1nc(-c2ccc3ccccc3c2)c(-c2ccncc2)[nH]1. The van der Waals surface area contributed by atoms with Crippen molar-refractivity contribution < 1.29 is 0 Å². The zero-order valence-corrected chi connectivity index (χ0v) is 14.7. The van der Waals surface area contributed by atoms with Crippen LogP contribution in [-0.2, 0) is 5.41 Å². The van der Waals surface area contributed by atoms with E-state index in [1.165, 1.54) is 10.8 Å². The Labute approximate surface area is 147 Å². The molecule has 0 bridgehead atoms. The second-order valence-electron chi connectivity index (χ2n) is 7.36. The first-order valence-electron chi connectivity index (χ1n) is 8.52. The lowest BCUT2D eigenvalue weighted by Gasteiger charge is -2.14. The van der Waals surface area contributed by atoms with Crippen molar-refractivity contribution in [2.75, 3.05) is 0 Å². The Balaban J connectivity index is 1.94. The Hall–Kier alpha value is -2.94. The molecule has 0 unspecified atom stereocenters. The molecule has 0 atom stereocenters. The van der Waals surface area contributed by atoms with E-state index in [0.29, 0.717) is 0 Å². The summed E-state index contributed by atoms with van der Waals surface area (Å²) in [6.07, 6.45) is 3.63. The molecule has 124 valence electrons. The predicted octanol–water partition coefficient (Wildman–Crippen LogP) is 5.59. The summed E-state index contributed by atoms with van der Waals surface area (Å²) in [5.74, 6) is 0.988. The molecule has 0 aliphatic rings. The van der Waals surface area contributed by atoms with Crippen molar-refractivity contribution in [3.63, 3.8) is 0 Å². The van der Waals surface area contributed by atoms with E-state index in [-0.39, 0.29) is 5.41 Å². The normalized spacial score (nSPS) is 11.8. The van der Waals surface area contributed by atoms with E-state index < -0.39 is 0 Å². The fourth-order valence-electron chi connectivity index (χ4n) is 3.00. The van der Waals surface area contributed by atoms with E-state index in [2.05, 4.69) is 73.2 Å². The first-order chi connectivity index (χ1) is 12.0. The third-order valence-electron chi connectivity index (χ3n) is 4.41. The van der Waals surface area contributed by atoms with Crippen molar-refractivity contribution in [1.29, 1.82) is 0 Å². The summed E-state index contributed by atoms with van der Waals surface area (Å²) < 4.78 is 0. The van der Waals surface area contributed by atoms with Gasteiger partial charge in [0.2, 0.25) is 0 Å². The van der Waals surface area contributed by atoms with Crippen molar-refractivity contribution in [2.45, 2.75) is 26.2 Å². The maximum absolute atomic E-state index is 4.96. The number of rotatable bonds is 2. The van der Waals surface area contributed by atoms with Crippen LogP contribution in [-0.4, -0.2) is 15.0 Å². The van der Waals surface area contributed by atoms with Gasteiger partial charge < -0.3 is 4.98 Å². The lowest BCUT2D eigenvalue weighted by molar-refractivity contribution is 0.553. The second-order valence-corrected chi connectivity index (χ2v) is 7.36.